The second-order valence-electron chi connectivity index (χ2n) is 5.34. The third-order valence-corrected chi connectivity index (χ3v) is 3.92. The Labute approximate surface area is 116 Å². The summed E-state index contributed by atoms with van der Waals surface area (Å²) in [5.41, 5.74) is 1.38. The van der Waals surface area contributed by atoms with Crippen LogP contribution in [0.2, 0.25) is 0 Å². The van der Waals surface area contributed by atoms with Crippen molar-refractivity contribution in [3.05, 3.63) is 29.3 Å². The number of ketones is 1. The molecule has 5 nitrogen and oxygen atoms in total. The highest BCUT2D eigenvalue weighted by Gasteiger charge is 2.59. The van der Waals surface area contributed by atoms with E-state index in [-0.39, 0.29) is 36.0 Å². The monoisotopic (exact) mass is 273 g/mol. The van der Waals surface area contributed by atoms with Crippen LogP contribution in [0.25, 0.3) is 0 Å². The molecule has 1 aromatic carbocycles. The number of ether oxygens (including phenoxy) is 1. The zero-order chi connectivity index (χ0) is 14.4. The molecule has 1 aliphatic carbocycles. The molecule has 104 valence electrons. The van der Waals surface area contributed by atoms with E-state index in [9.17, 15) is 14.4 Å². The molecule has 2 aliphatic rings. The van der Waals surface area contributed by atoms with Crippen LogP contribution >= 0.6 is 0 Å². The number of carbonyl (C=O) groups excluding carboxylic acids is 3. The Morgan fingerprint density at radius 3 is 2.55 bits per heavy atom. The molecule has 0 radical (unpaired) electrons. The molecule has 2 unspecified atom stereocenters. The van der Waals surface area contributed by atoms with Gasteiger partial charge >= 0.3 is 0 Å². The Balaban J connectivity index is 1.80. The van der Waals surface area contributed by atoms with Crippen LogP contribution in [0.5, 0.6) is 5.75 Å². The van der Waals surface area contributed by atoms with Gasteiger partial charge in [0.15, 0.2) is 5.78 Å². The summed E-state index contributed by atoms with van der Waals surface area (Å²) >= 11 is 0. The average Bonchev–Trinajstić information content (AvgIpc) is 3.18. The zero-order valence-electron chi connectivity index (χ0n) is 11.4. The van der Waals surface area contributed by atoms with Gasteiger partial charge in [0.2, 0.25) is 11.8 Å². The van der Waals surface area contributed by atoms with Gasteiger partial charge in [-0.3, -0.25) is 19.3 Å². The van der Waals surface area contributed by atoms with Gasteiger partial charge in [0, 0.05) is 0 Å². The number of rotatable bonds is 4. The molecule has 1 heterocycles. The number of fused-ring (bicyclic) bond motifs is 1. The number of nitrogens with zero attached hydrogens (tertiary/aromatic N) is 1. The molecule has 0 aromatic heterocycles. The van der Waals surface area contributed by atoms with E-state index in [4.69, 9.17) is 4.74 Å². The minimum atomic E-state index is -0.273. The van der Waals surface area contributed by atoms with E-state index in [1.54, 1.807) is 18.2 Å². The summed E-state index contributed by atoms with van der Waals surface area (Å²) in [5, 5.41) is 0. The van der Waals surface area contributed by atoms with Gasteiger partial charge in [0.1, 0.15) is 5.75 Å². The first-order valence-electron chi connectivity index (χ1n) is 6.56. The fourth-order valence-corrected chi connectivity index (χ4v) is 2.66. The second kappa shape index (κ2) is 4.44. The summed E-state index contributed by atoms with van der Waals surface area (Å²) < 4.78 is 5.19. The Morgan fingerprint density at radius 1 is 1.30 bits per heavy atom. The minimum Gasteiger partial charge on any atom is -0.496 e. The highest BCUT2D eigenvalue weighted by molar-refractivity contribution is 6.12. The molecule has 1 saturated carbocycles. The number of aryl methyl sites for hydroxylation is 1. The van der Waals surface area contributed by atoms with Gasteiger partial charge in [-0.2, -0.15) is 0 Å². The molecule has 2 amide bonds. The van der Waals surface area contributed by atoms with Crippen LogP contribution in [0.3, 0.4) is 0 Å². The van der Waals surface area contributed by atoms with Crippen molar-refractivity contribution in [1.29, 1.82) is 0 Å². The molecule has 2 atom stereocenters. The van der Waals surface area contributed by atoms with E-state index in [1.165, 1.54) is 7.11 Å². The van der Waals surface area contributed by atoms with Crippen LogP contribution in [0.4, 0.5) is 0 Å². The number of likely N-dealkylation sites (tertiary alicyclic amines) is 1. The average molecular weight is 273 g/mol. The van der Waals surface area contributed by atoms with Gasteiger partial charge in [-0.05, 0) is 31.0 Å². The first kappa shape index (κ1) is 12.8. The predicted octanol–water partition coefficient (Wildman–Crippen LogP) is 1.19. The molecule has 2 fully saturated rings. The van der Waals surface area contributed by atoms with Crippen molar-refractivity contribution >= 4 is 17.6 Å². The van der Waals surface area contributed by atoms with Gasteiger partial charge in [0.25, 0.3) is 0 Å². The van der Waals surface area contributed by atoms with Crippen LogP contribution in [-0.2, 0) is 9.59 Å². The third-order valence-electron chi connectivity index (χ3n) is 3.92. The number of hydrogen-bond acceptors (Lipinski definition) is 4. The van der Waals surface area contributed by atoms with Crippen molar-refractivity contribution in [2.75, 3.05) is 13.7 Å². The van der Waals surface area contributed by atoms with Crippen LogP contribution in [0, 0.1) is 18.8 Å². The molecule has 0 spiro atoms. The third kappa shape index (κ3) is 1.90. The molecule has 0 N–H and O–H groups in total. The molecule has 20 heavy (non-hydrogen) atoms. The smallest absolute Gasteiger partial charge is 0.233 e. The standard InChI is InChI=1S/C15H15NO4/c1-8-3-4-9(13(5-8)20-2)12(17)7-16-14(18)10-6-11(10)15(16)19/h3-5,10-11H,6-7H2,1-2H3. The van der Waals surface area contributed by atoms with Crippen LogP contribution in [-0.4, -0.2) is 36.2 Å². The van der Waals surface area contributed by atoms with Crippen molar-refractivity contribution in [1.82, 2.24) is 4.90 Å². The first-order chi connectivity index (χ1) is 9.52. The SMILES string of the molecule is COc1cc(C)ccc1C(=O)CN1C(=O)C2CC2C1=O. The topological polar surface area (TPSA) is 63.7 Å². The summed E-state index contributed by atoms with van der Waals surface area (Å²) in [5.74, 6) is -0.562. The van der Waals surface area contributed by atoms with Gasteiger partial charge in [-0.1, -0.05) is 6.07 Å². The maximum Gasteiger partial charge on any atom is 0.233 e. The van der Waals surface area contributed by atoms with E-state index in [0.29, 0.717) is 17.7 Å². The Hall–Kier alpha value is -2.17. The number of amides is 2. The number of piperidine rings is 1. The van der Waals surface area contributed by atoms with E-state index >= 15 is 0 Å². The zero-order valence-corrected chi connectivity index (χ0v) is 11.4. The maximum atomic E-state index is 12.3. The summed E-state index contributed by atoms with van der Waals surface area (Å²) in [4.78, 5) is 37.1. The number of benzene rings is 1. The van der Waals surface area contributed by atoms with Crippen molar-refractivity contribution in [2.24, 2.45) is 11.8 Å². The largest absolute Gasteiger partial charge is 0.496 e. The van der Waals surface area contributed by atoms with Gasteiger partial charge in [-0.15, -0.1) is 0 Å². The maximum absolute atomic E-state index is 12.3. The molecular formula is C15H15NO4. The Bertz CT molecular complexity index is 602. The lowest BCUT2D eigenvalue weighted by Gasteiger charge is -2.16. The van der Waals surface area contributed by atoms with Crippen LogP contribution in [0.1, 0.15) is 22.3 Å². The van der Waals surface area contributed by atoms with Gasteiger partial charge < -0.3 is 4.74 Å². The lowest BCUT2D eigenvalue weighted by Crippen LogP contribution is -2.37. The number of imide groups is 1. The Morgan fingerprint density at radius 2 is 1.95 bits per heavy atom. The predicted molar refractivity (Wildman–Crippen MR) is 70.4 cm³/mol. The summed E-state index contributed by atoms with van der Waals surface area (Å²) in [6, 6.07) is 5.24. The lowest BCUT2D eigenvalue weighted by molar-refractivity contribution is -0.140. The van der Waals surface area contributed by atoms with E-state index < -0.39 is 0 Å². The quantitative estimate of drug-likeness (QED) is 0.610. The molecule has 5 heteroatoms. The highest BCUT2D eigenvalue weighted by atomic mass is 16.5. The van der Waals surface area contributed by atoms with Crippen molar-refractivity contribution in [3.63, 3.8) is 0 Å². The molecule has 1 aromatic rings. The normalized spacial score (nSPS) is 23.8. The molecule has 0 bridgehead atoms. The summed E-state index contributed by atoms with van der Waals surface area (Å²) in [6.07, 6.45) is 0.649. The van der Waals surface area contributed by atoms with E-state index in [1.807, 2.05) is 6.92 Å². The molecule has 3 rings (SSSR count). The first-order valence-corrected chi connectivity index (χ1v) is 6.56. The van der Waals surface area contributed by atoms with Crippen molar-refractivity contribution in [3.8, 4) is 5.75 Å². The minimum absolute atomic E-state index is 0.171. The fraction of sp³-hybridized carbons (Fsp3) is 0.400. The Kier molecular flexibility index (Phi) is 2.85. The van der Waals surface area contributed by atoms with Crippen LogP contribution in [0.15, 0.2) is 18.2 Å². The van der Waals surface area contributed by atoms with Crippen LogP contribution < -0.4 is 4.74 Å². The number of methoxy groups -OCH3 is 1. The van der Waals surface area contributed by atoms with E-state index in [0.717, 1.165) is 10.5 Å². The summed E-state index contributed by atoms with van der Waals surface area (Å²) in [6.45, 7) is 1.71. The summed E-state index contributed by atoms with van der Waals surface area (Å²) in [7, 11) is 1.49. The second-order valence-corrected chi connectivity index (χ2v) is 5.34. The van der Waals surface area contributed by atoms with Crippen molar-refractivity contribution in [2.45, 2.75) is 13.3 Å². The fourth-order valence-electron chi connectivity index (χ4n) is 2.66. The molecular weight excluding hydrogens is 258 g/mol. The number of hydrogen-bond donors (Lipinski definition) is 0. The highest BCUT2D eigenvalue weighted by Crippen LogP contribution is 2.46. The number of carbonyl (C=O) groups is 3. The van der Waals surface area contributed by atoms with E-state index in [2.05, 4.69) is 0 Å². The van der Waals surface area contributed by atoms with Crippen molar-refractivity contribution < 1.29 is 19.1 Å². The molecule has 1 aliphatic heterocycles. The number of Topliss-reactive ketones (excluding diaryl/α,β-unsaturated/α-hetero) is 1. The lowest BCUT2D eigenvalue weighted by atomic mass is 10.1. The molecule has 1 saturated heterocycles. The van der Waals surface area contributed by atoms with Gasteiger partial charge in [-0.25, -0.2) is 0 Å². The van der Waals surface area contributed by atoms with Gasteiger partial charge in [0.05, 0.1) is 31.1 Å².